The molecule has 1 aliphatic rings. The molecule has 1 aliphatic heterocycles. The fourth-order valence-corrected chi connectivity index (χ4v) is 4.49. The summed E-state index contributed by atoms with van der Waals surface area (Å²) < 4.78 is 12.9. The Hall–Kier alpha value is -2.86. The van der Waals surface area contributed by atoms with E-state index in [2.05, 4.69) is 0 Å². The van der Waals surface area contributed by atoms with Crippen LogP contribution in [0.3, 0.4) is 0 Å². The van der Waals surface area contributed by atoms with Crippen molar-refractivity contribution in [2.24, 2.45) is 0 Å². The lowest BCUT2D eigenvalue weighted by atomic mass is 9.94. The van der Waals surface area contributed by atoms with Gasteiger partial charge in [0.05, 0.1) is 24.6 Å². The number of thiophene rings is 1. The van der Waals surface area contributed by atoms with Crippen molar-refractivity contribution in [1.29, 1.82) is 0 Å². The lowest BCUT2D eigenvalue weighted by Gasteiger charge is -2.16. The average molecular weight is 395 g/mol. The van der Waals surface area contributed by atoms with Gasteiger partial charge in [-0.05, 0) is 30.9 Å². The number of hydrogen-bond acceptors (Lipinski definition) is 5. The molecular weight excluding hydrogens is 374 g/mol. The molecule has 6 heteroatoms. The molecule has 0 amide bonds. The minimum atomic E-state index is -0.840. The van der Waals surface area contributed by atoms with E-state index in [1.165, 1.54) is 11.3 Å². The number of aromatic nitrogens is 1. The molecule has 0 saturated heterocycles. The molecule has 0 spiro atoms. The monoisotopic (exact) mass is 395 g/mol. The molecule has 28 heavy (non-hydrogen) atoms. The van der Waals surface area contributed by atoms with Crippen LogP contribution in [0.25, 0.3) is 0 Å². The summed E-state index contributed by atoms with van der Waals surface area (Å²) in [6.45, 7) is 4.38. The Morgan fingerprint density at radius 3 is 2.68 bits per heavy atom. The number of carbonyl (C=O) groups is 1. The summed E-state index contributed by atoms with van der Waals surface area (Å²) in [7, 11) is 0. The third-order valence-electron chi connectivity index (χ3n) is 4.93. The standard InChI is InChI=1S/C22H21NO4S/c1-3-26-22(25)20-19(17-10-7-11-28-17)18-16(27-20)12-14(2)23(21(18)24)13-15-8-5-4-6-9-15/h4-12,19-20H,3,13H2,1-2H3/t19-,20-/m1/s1. The number of aryl methyl sites for hydroxylation is 1. The third-order valence-corrected chi connectivity index (χ3v) is 5.88. The fourth-order valence-electron chi connectivity index (χ4n) is 3.63. The molecule has 2 atom stereocenters. The maximum absolute atomic E-state index is 13.5. The Bertz CT molecular complexity index is 1040. The molecule has 0 saturated carbocycles. The number of nitrogens with zero attached hydrogens (tertiary/aromatic N) is 1. The molecule has 0 aliphatic carbocycles. The third kappa shape index (κ3) is 3.24. The number of pyridine rings is 1. The normalized spacial score (nSPS) is 17.8. The highest BCUT2D eigenvalue weighted by molar-refractivity contribution is 7.10. The van der Waals surface area contributed by atoms with Gasteiger partial charge in [-0.15, -0.1) is 11.3 Å². The van der Waals surface area contributed by atoms with Crippen LogP contribution in [0, 0.1) is 6.92 Å². The summed E-state index contributed by atoms with van der Waals surface area (Å²) >= 11 is 1.51. The zero-order chi connectivity index (χ0) is 19.7. The molecule has 3 heterocycles. The van der Waals surface area contributed by atoms with E-state index in [4.69, 9.17) is 9.47 Å². The number of ether oxygens (including phenoxy) is 2. The Morgan fingerprint density at radius 2 is 2.00 bits per heavy atom. The zero-order valence-corrected chi connectivity index (χ0v) is 16.6. The van der Waals surface area contributed by atoms with Gasteiger partial charge >= 0.3 is 5.97 Å². The first-order valence-electron chi connectivity index (χ1n) is 9.25. The van der Waals surface area contributed by atoms with Crippen LogP contribution in [0.4, 0.5) is 0 Å². The first-order chi connectivity index (χ1) is 13.6. The average Bonchev–Trinajstić information content (AvgIpc) is 3.33. The van der Waals surface area contributed by atoms with Crippen LogP contribution in [0.5, 0.6) is 5.75 Å². The van der Waals surface area contributed by atoms with Gasteiger partial charge in [0.15, 0.2) is 0 Å². The van der Waals surface area contributed by atoms with Crippen molar-refractivity contribution in [3.05, 3.63) is 86.0 Å². The maximum Gasteiger partial charge on any atom is 0.348 e. The van der Waals surface area contributed by atoms with Gasteiger partial charge in [0, 0.05) is 16.6 Å². The van der Waals surface area contributed by atoms with E-state index in [0.717, 1.165) is 16.1 Å². The minimum absolute atomic E-state index is 0.121. The van der Waals surface area contributed by atoms with Crippen molar-refractivity contribution in [1.82, 2.24) is 4.57 Å². The highest BCUT2D eigenvalue weighted by Gasteiger charge is 2.44. The van der Waals surface area contributed by atoms with Crippen LogP contribution >= 0.6 is 11.3 Å². The zero-order valence-electron chi connectivity index (χ0n) is 15.8. The summed E-state index contributed by atoms with van der Waals surface area (Å²) in [5, 5.41) is 1.94. The van der Waals surface area contributed by atoms with Gasteiger partial charge in [0.1, 0.15) is 5.75 Å². The van der Waals surface area contributed by atoms with E-state index >= 15 is 0 Å². The van der Waals surface area contributed by atoms with Crippen molar-refractivity contribution in [2.45, 2.75) is 32.4 Å². The number of hydrogen-bond donors (Lipinski definition) is 0. The van der Waals surface area contributed by atoms with Crippen molar-refractivity contribution in [3.8, 4) is 5.75 Å². The summed E-state index contributed by atoms with van der Waals surface area (Å²) in [6.07, 6.45) is -0.840. The van der Waals surface area contributed by atoms with Crippen LogP contribution in [0.2, 0.25) is 0 Å². The first kappa shape index (κ1) is 18.5. The van der Waals surface area contributed by atoms with Crippen molar-refractivity contribution in [3.63, 3.8) is 0 Å². The molecule has 144 valence electrons. The number of benzene rings is 1. The Morgan fingerprint density at radius 1 is 1.21 bits per heavy atom. The highest BCUT2D eigenvalue weighted by Crippen LogP contribution is 2.42. The van der Waals surface area contributed by atoms with Crippen LogP contribution in [-0.4, -0.2) is 23.2 Å². The van der Waals surface area contributed by atoms with Crippen molar-refractivity contribution >= 4 is 17.3 Å². The molecule has 0 N–H and O–H groups in total. The van der Waals surface area contributed by atoms with Gasteiger partial charge in [0.25, 0.3) is 5.56 Å². The quantitative estimate of drug-likeness (QED) is 0.618. The highest BCUT2D eigenvalue weighted by atomic mass is 32.1. The van der Waals surface area contributed by atoms with E-state index in [1.807, 2.05) is 60.8 Å². The molecule has 2 aromatic heterocycles. The summed E-state index contributed by atoms with van der Waals surface area (Å²) in [5.74, 6) is -0.420. The van der Waals surface area contributed by atoms with Crippen molar-refractivity contribution in [2.75, 3.05) is 6.61 Å². The maximum atomic E-state index is 13.5. The Balaban J connectivity index is 1.82. The second kappa shape index (κ2) is 7.64. The molecule has 0 unspecified atom stereocenters. The van der Waals surface area contributed by atoms with Crippen LogP contribution in [0.15, 0.2) is 58.7 Å². The lowest BCUT2D eigenvalue weighted by Crippen LogP contribution is -2.33. The number of esters is 1. The van der Waals surface area contributed by atoms with E-state index in [9.17, 15) is 9.59 Å². The molecule has 0 fully saturated rings. The summed E-state index contributed by atoms with van der Waals surface area (Å²) in [5.41, 5.74) is 2.24. The van der Waals surface area contributed by atoms with Crippen LogP contribution < -0.4 is 10.3 Å². The fraction of sp³-hybridized carbons (Fsp3) is 0.273. The molecule has 0 bridgehead atoms. The predicted octanol–water partition coefficient (Wildman–Crippen LogP) is 3.72. The van der Waals surface area contributed by atoms with E-state index < -0.39 is 18.0 Å². The number of fused-ring (bicyclic) bond motifs is 1. The Kier molecular flexibility index (Phi) is 5.05. The summed E-state index contributed by atoms with van der Waals surface area (Å²) in [6, 6.07) is 15.5. The predicted molar refractivity (Wildman–Crippen MR) is 108 cm³/mol. The van der Waals surface area contributed by atoms with Crippen LogP contribution in [0.1, 0.15) is 34.5 Å². The molecular formula is C22H21NO4S. The minimum Gasteiger partial charge on any atom is -0.477 e. The molecule has 3 aromatic rings. The Labute approximate surface area is 167 Å². The molecule has 5 nitrogen and oxygen atoms in total. The summed E-state index contributed by atoms with van der Waals surface area (Å²) in [4.78, 5) is 26.9. The van der Waals surface area contributed by atoms with E-state index in [1.54, 1.807) is 11.5 Å². The SMILES string of the molecule is CCOC(=O)[C@@H]1Oc2cc(C)n(Cc3ccccc3)c(=O)c2[C@H]1c1cccs1. The van der Waals surface area contributed by atoms with Gasteiger partial charge < -0.3 is 14.0 Å². The van der Waals surface area contributed by atoms with Crippen molar-refractivity contribution < 1.29 is 14.3 Å². The van der Waals surface area contributed by atoms with Crippen LogP contribution in [-0.2, 0) is 16.1 Å². The smallest absolute Gasteiger partial charge is 0.348 e. The van der Waals surface area contributed by atoms with E-state index in [-0.39, 0.29) is 12.2 Å². The lowest BCUT2D eigenvalue weighted by molar-refractivity contribution is -0.151. The first-order valence-corrected chi connectivity index (χ1v) is 10.1. The molecule has 4 rings (SSSR count). The second-order valence-corrected chi connectivity index (χ2v) is 7.70. The van der Waals surface area contributed by atoms with E-state index in [0.29, 0.717) is 17.9 Å². The molecule has 1 aromatic carbocycles. The van der Waals surface area contributed by atoms with Gasteiger partial charge in [-0.1, -0.05) is 36.4 Å². The number of rotatable bonds is 5. The number of carbonyl (C=O) groups excluding carboxylic acids is 1. The van der Waals surface area contributed by atoms with Gasteiger partial charge in [-0.3, -0.25) is 4.79 Å². The largest absolute Gasteiger partial charge is 0.477 e. The van der Waals surface area contributed by atoms with Gasteiger partial charge in [-0.2, -0.15) is 0 Å². The topological polar surface area (TPSA) is 57.5 Å². The van der Waals surface area contributed by atoms with Gasteiger partial charge in [0.2, 0.25) is 6.10 Å². The molecule has 0 radical (unpaired) electrons. The second-order valence-electron chi connectivity index (χ2n) is 6.72. The van der Waals surface area contributed by atoms with Gasteiger partial charge in [-0.25, -0.2) is 4.79 Å².